The van der Waals surface area contributed by atoms with Gasteiger partial charge in [-0.3, -0.25) is 9.59 Å². The molecule has 1 saturated heterocycles. The number of nitrogens with zero attached hydrogens (tertiary/aromatic N) is 4. The van der Waals surface area contributed by atoms with Gasteiger partial charge in [0.2, 0.25) is 0 Å². The maximum Gasteiger partial charge on any atom is 0.257 e. The molecule has 1 aliphatic rings. The number of hydrogen-bond acceptors (Lipinski definition) is 3. The molecule has 6 nitrogen and oxygen atoms in total. The van der Waals surface area contributed by atoms with Gasteiger partial charge in [-0.15, -0.1) is 0 Å². The van der Waals surface area contributed by atoms with Crippen LogP contribution in [0, 0.1) is 13.8 Å². The number of piperazine rings is 1. The van der Waals surface area contributed by atoms with Crippen LogP contribution in [0.4, 0.5) is 0 Å². The van der Waals surface area contributed by atoms with Crippen LogP contribution < -0.4 is 0 Å². The number of rotatable bonds is 3. The molecule has 0 unspecified atom stereocenters. The van der Waals surface area contributed by atoms with E-state index in [-0.39, 0.29) is 11.8 Å². The van der Waals surface area contributed by atoms with E-state index in [1.807, 2.05) is 44.2 Å². The third kappa shape index (κ3) is 4.31. The zero-order chi connectivity index (χ0) is 22.1. The minimum Gasteiger partial charge on any atom is -0.335 e. The summed E-state index contributed by atoms with van der Waals surface area (Å²) in [7, 11) is 0. The molecule has 4 rings (SSSR count). The second-order valence-electron chi connectivity index (χ2n) is 7.54. The molecule has 0 aliphatic carbocycles. The Labute approximate surface area is 191 Å². The average Bonchev–Trinajstić information content (AvgIpc) is 3.06. The summed E-state index contributed by atoms with van der Waals surface area (Å²) in [6.45, 7) is 5.55. The Kier molecular flexibility index (Phi) is 6.03. The molecule has 0 saturated carbocycles. The van der Waals surface area contributed by atoms with Crippen molar-refractivity contribution in [2.45, 2.75) is 13.8 Å². The van der Waals surface area contributed by atoms with Crippen molar-refractivity contribution in [3.8, 4) is 5.69 Å². The fourth-order valence-electron chi connectivity index (χ4n) is 3.90. The summed E-state index contributed by atoms with van der Waals surface area (Å²) in [5.41, 5.74) is 3.48. The lowest BCUT2D eigenvalue weighted by Gasteiger charge is -2.35. The molecule has 160 valence electrons. The monoisotopic (exact) mass is 456 g/mol. The molecule has 0 bridgehead atoms. The van der Waals surface area contributed by atoms with Crippen molar-refractivity contribution in [3.05, 3.63) is 81.1 Å². The first kappa shape index (κ1) is 21.4. The quantitative estimate of drug-likeness (QED) is 0.586. The van der Waals surface area contributed by atoms with E-state index in [0.29, 0.717) is 53.0 Å². The summed E-state index contributed by atoms with van der Waals surface area (Å²) in [6.07, 6.45) is 0. The maximum absolute atomic E-state index is 13.3. The van der Waals surface area contributed by atoms with E-state index >= 15 is 0 Å². The van der Waals surface area contributed by atoms with Gasteiger partial charge in [0.1, 0.15) is 0 Å². The van der Waals surface area contributed by atoms with Gasteiger partial charge < -0.3 is 9.80 Å². The summed E-state index contributed by atoms with van der Waals surface area (Å²) in [5.74, 6) is -0.198. The van der Waals surface area contributed by atoms with Crippen LogP contribution in [0.15, 0.2) is 48.5 Å². The van der Waals surface area contributed by atoms with Crippen molar-refractivity contribution in [1.29, 1.82) is 0 Å². The highest BCUT2D eigenvalue weighted by Crippen LogP contribution is 2.23. The smallest absolute Gasteiger partial charge is 0.257 e. The Bertz CT molecular complexity index is 1120. The lowest BCUT2D eigenvalue weighted by atomic mass is 10.1. The highest BCUT2D eigenvalue weighted by atomic mass is 35.5. The fraction of sp³-hybridized carbons (Fsp3) is 0.261. The second-order valence-corrected chi connectivity index (χ2v) is 8.41. The molecular weight excluding hydrogens is 435 g/mol. The predicted octanol–water partition coefficient (Wildman–Crippen LogP) is 4.39. The van der Waals surface area contributed by atoms with Crippen LogP contribution in [0.2, 0.25) is 10.0 Å². The zero-order valence-electron chi connectivity index (χ0n) is 17.3. The minimum atomic E-state index is -0.138. The van der Waals surface area contributed by atoms with Crippen LogP contribution in [0.3, 0.4) is 0 Å². The van der Waals surface area contributed by atoms with Gasteiger partial charge in [-0.25, -0.2) is 4.68 Å². The SMILES string of the molecule is Cc1nn(-c2ccccc2)c(C)c1C(=O)N1CCN(C(=O)c2cc(Cl)cc(Cl)c2)CC1. The number of hydrogen-bond donors (Lipinski definition) is 0. The zero-order valence-corrected chi connectivity index (χ0v) is 18.8. The molecule has 0 radical (unpaired) electrons. The highest BCUT2D eigenvalue weighted by Gasteiger charge is 2.29. The molecule has 0 atom stereocenters. The molecule has 31 heavy (non-hydrogen) atoms. The molecule has 8 heteroatoms. The molecule has 1 fully saturated rings. The Morgan fingerprint density at radius 2 is 1.39 bits per heavy atom. The fourth-order valence-corrected chi connectivity index (χ4v) is 4.43. The topological polar surface area (TPSA) is 58.4 Å². The number of aryl methyl sites for hydroxylation is 1. The number of halogens is 2. The molecule has 2 heterocycles. The van der Waals surface area contributed by atoms with E-state index < -0.39 is 0 Å². The van der Waals surface area contributed by atoms with Crippen LogP contribution >= 0.6 is 23.2 Å². The first-order valence-corrected chi connectivity index (χ1v) is 10.8. The van der Waals surface area contributed by atoms with Gasteiger partial charge >= 0.3 is 0 Å². The van der Waals surface area contributed by atoms with Crippen LogP contribution in [-0.2, 0) is 0 Å². The number of aromatic nitrogens is 2. The molecule has 1 aliphatic heterocycles. The van der Waals surface area contributed by atoms with Gasteiger partial charge in [0.15, 0.2) is 0 Å². The summed E-state index contributed by atoms with van der Waals surface area (Å²) in [5, 5.41) is 5.42. The van der Waals surface area contributed by atoms with E-state index in [4.69, 9.17) is 23.2 Å². The van der Waals surface area contributed by atoms with Gasteiger partial charge in [0.05, 0.1) is 22.6 Å². The number of benzene rings is 2. The van der Waals surface area contributed by atoms with Gasteiger partial charge in [-0.05, 0) is 44.2 Å². The van der Waals surface area contributed by atoms with E-state index in [0.717, 1.165) is 11.4 Å². The highest BCUT2D eigenvalue weighted by molar-refractivity contribution is 6.35. The van der Waals surface area contributed by atoms with E-state index in [1.54, 1.807) is 32.7 Å². The van der Waals surface area contributed by atoms with Crippen molar-refractivity contribution in [2.75, 3.05) is 26.2 Å². The Morgan fingerprint density at radius 1 is 0.839 bits per heavy atom. The van der Waals surface area contributed by atoms with Crippen molar-refractivity contribution >= 4 is 35.0 Å². The summed E-state index contributed by atoms with van der Waals surface area (Å²) in [4.78, 5) is 29.6. The number of para-hydroxylation sites is 1. The summed E-state index contributed by atoms with van der Waals surface area (Å²) < 4.78 is 1.80. The maximum atomic E-state index is 13.3. The third-order valence-electron chi connectivity index (χ3n) is 5.47. The number of carbonyl (C=O) groups is 2. The molecule has 1 aromatic heterocycles. The molecule has 0 spiro atoms. The second kappa shape index (κ2) is 8.73. The van der Waals surface area contributed by atoms with Gasteiger partial charge in [-0.2, -0.15) is 5.10 Å². The van der Waals surface area contributed by atoms with Crippen LogP contribution in [0.25, 0.3) is 5.69 Å². The summed E-state index contributed by atoms with van der Waals surface area (Å²) >= 11 is 12.1. The lowest BCUT2D eigenvalue weighted by Crippen LogP contribution is -2.50. The average molecular weight is 457 g/mol. The van der Waals surface area contributed by atoms with Crippen LogP contribution in [-0.4, -0.2) is 57.6 Å². The van der Waals surface area contributed by atoms with Gasteiger partial charge in [0.25, 0.3) is 11.8 Å². The van der Waals surface area contributed by atoms with E-state index in [2.05, 4.69) is 5.10 Å². The van der Waals surface area contributed by atoms with Crippen LogP contribution in [0.5, 0.6) is 0 Å². The minimum absolute atomic E-state index is 0.0601. The van der Waals surface area contributed by atoms with Crippen molar-refractivity contribution < 1.29 is 9.59 Å². The summed E-state index contributed by atoms with van der Waals surface area (Å²) in [6, 6.07) is 14.6. The predicted molar refractivity (Wildman–Crippen MR) is 121 cm³/mol. The number of carbonyl (C=O) groups excluding carboxylic acids is 2. The van der Waals surface area contributed by atoms with Crippen molar-refractivity contribution in [1.82, 2.24) is 19.6 Å². The molecular formula is C23H22Cl2N4O2. The molecule has 0 N–H and O–H groups in total. The standard InChI is InChI=1S/C23H22Cl2N4O2/c1-15-21(16(2)29(26-15)20-6-4-3-5-7-20)23(31)28-10-8-27(9-11-28)22(30)17-12-18(24)14-19(25)13-17/h3-7,12-14H,8-11H2,1-2H3. The van der Waals surface area contributed by atoms with Gasteiger partial charge in [0, 0.05) is 41.8 Å². The Hall–Kier alpha value is -2.83. The molecule has 2 aromatic carbocycles. The third-order valence-corrected chi connectivity index (χ3v) is 5.91. The Balaban J connectivity index is 1.48. The first-order valence-electron chi connectivity index (χ1n) is 10.0. The van der Waals surface area contributed by atoms with Gasteiger partial charge in [-0.1, -0.05) is 41.4 Å². The molecule has 2 amide bonds. The lowest BCUT2D eigenvalue weighted by molar-refractivity contribution is 0.0534. The number of amides is 2. The van der Waals surface area contributed by atoms with Crippen LogP contribution in [0.1, 0.15) is 32.1 Å². The van der Waals surface area contributed by atoms with Crippen molar-refractivity contribution in [2.24, 2.45) is 0 Å². The largest absolute Gasteiger partial charge is 0.335 e. The van der Waals surface area contributed by atoms with E-state index in [9.17, 15) is 9.59 Å². The van der Waals surface area contributed by atoms with Crippen molar-refractivity contribution in [3.63, 3.8) is 0 Å². The Morgan fingerprint density at radius 3 is 1.97 bits per heavy atom. The molecule has 3 aromatic rings. The van der Waals surface area contributed by atoms with E-state index in [1.165, 1.54) is 0 Å². The first-order chi connectivity index (χ1) is 14.8. The normalized spacial score (nSPS) is 14.1.